The molecule has 0 saturated heterocycles. The lowest BCUT2D eigenvalue weighted by Gasteiger charge is -2.17. The molecule has 0 amide bonds. The van der Waals surface area contributed by atoms with Gasteiger partial charge < -0.3 is 0 Å². The van der Waals surface area contributed by atoms with Crippen molar-refractivity contribution in [3.05, 3.63) is 47.2 Å². The van der Waals surface area contributed by atoms with Crippen molar-refractivity contribution in [2.45, 2.75) is 65.5 Å². The van der Waals surface area contributed by atoms with Gasteiger partial charge >= 0.3 is 6.18 Å². The fraction of sp³-hybridized carbons (Fsp3) is 0.455. The number of rotatable bonds is 6. The molecule has 0 aliphatic heterocycles. The topological polar surface area (TPSA) is 51.6 Å². The third-order valence-electron chi connectivity index (χ3n) is 5.23. The standard InChI is InChI=1S/C22H25F3N4/c1-5-7-8-15(6-2)17-11-18-21(28-14(4)13(3)27-18)20(29-17)16-9-10-19(26-12-16)22(23,24)25/h9-12,15H,5-8H2,1-4H3. The molecule has 4 nitrogen and oxygen atoms in total. The highest BCUT2D eigenvalue weighted by Gasteiger charge is 2.32. The first-order chi connectivity index (χ1) is 13.7. The lowest BCUT2D eigenvalue weighted by atomic mass is 9.94. The Bertz CT molecular complexity index is 998. The summed E-state index contributed by atoms with van der Waals surface area (Å²) in [5.41, 5.74) is 3.91. The summed E-state index contributed by atoms with van der Waals surface area (Å²) < 4.78 is 38.7. The summed E-state index contributed by atoms with van der Waals surface area (Å²) in [6.07, 6.45) is 0.872. The van der Waals surface area contributed by atoms with E-state index in [2.05, 4.69) is 28.8 Å². The number of nitrogens with zero attached hydrogens (tertiary/aromatic N) is 4. The third-order valence-corrected chi connectivity index (χ3v) is 5.23. The number of pyridine rings is 2. The first-order valence-electron chi connectivity index (χ1n) is 9.94. The van der Waals surface area contributed by atoms with Crippen LogP contribution in [0.5, 0.6) is 0 Å². The van der Waals surface area contributed by atoms with Crippen LogP contribution in [0.15, 0.2) is 24.4 Å². The second-order valence-corrected chi connectivity index (χ2v) is 7.34. The Kier molecular flexibility index (Phi) is 6.15. The van der Waals surface area contributed by atoms with E-state index in [0.29, 0.717) is 22.3 Å². The number of fused-ring (bicyclic) bond motifs is 1. The highest BCUT2D eigenvalue weighted by molar-refractivity contribution is 5.89. The predicted octanol–water partition coefficient (Wildman–Crippen LogP) is 6.41. The molecule has 1 unspecified atom stereocenters. The summed E-state index contributed by atoms with van der Waals surface area (Å²) >= 11 is 0. The van der Waals surface area contributed by atoms with Crippen LogP contribution in [0.3, 0.4) is 0 Å². The van der Waals surface area contributed by atoms with Gasteiger partial charge in [0, 0.05) is 23.4 Å². The van der Waals surface area contributed by atoms with Crippen LogP contribution in [-0.2, 0) is 6.18 Å². The lowest BCUT2D eigenvalue weighted by Crippen LogP contribution is -2.08. The zero-order valence-corrected chi connectivity index (χ0v) is 17.1. The molecule has 3 aromatic rings. The van der Waals surface area contributed by atoms with Crippen LogP contribution >= 0.6 is 0 Å². The van der Waals surface area contributed by atoms with Crippen LogP contribution in [0, 0.1) is 13.8 Å². The van der Waals surface area contributed by atoms with Gasteiger partial charge in [0.1, 0.15) is 11.2 Å². The molecule has 0 aliphatic rings. The van der Waals surface area contributed by atoms with Gasteiger partial charge in [-0.25, -0.2) is 9.97 Å². The van der Waals surface area contributed by atoms with E-state index in [4.69, 9.17) is 4.98 Å². The van der Waals surface area contributed by atoms with Gasteiger partial charge in [-0.1, -0.05) is 26.7 Å². The smallest absolute Gasteiger partial charge is 0.251 e. The molecule has 3 rings (SSSR count). The van der Waals surface area contributed by atoms with Crippen LogP contribution in [0.4, 0.5) is 13.2 Å². The zero-order chi connectivity index (χ0) is 21.2. The van der Waals surface area contributed by atoms with E-state index in [0.717, 1.165) is 48.8 Å². The summed E-state index contributed by atoms with van der Waals surface area (Å²) in [5, 5.41) is 0. The largest absolute Gasteiger partial charge is 0.433 e. The Morgan fingerprint density at radius 1 is 1.00 bits per heavy atom. The van der Waals surface area contributed by atoms with Crippen LogP contribution in [-0.4, -0.2) is 19.9 Å². The minimum absolute atomic E-state index is 0.268. The molecular weight excluding hydrogens is 377 g/mol. The maximum absolute atomic E-state index is 12.9. The number of halogens is 3. The number of alkyl halides is 3. The summed E-state index contributed by atoms with van der Waals surface area (Å²) in [4.78, 5) is 17.7. The van der Waals surface area contributed by atoms with E-state index in [1.807, 2.05) is 19.9 Å². The van der Waals surface area contributed by atoms with E-state index >= 15 is 0 Å². The fourth-order valence-corrected chi connectivity index (χ4v) is 3.37. The minimum Gasteiger partial charge on any atom is -0.251 e. The summed E-state index contributed by atoms with van der Waals surface area (Å²) in [6, 6.07) is 4.36. The Labute approximate surface area is 168 Å². The van der Waals surface area contributed by atoms with E-state index in [9.17, 15) is 13.2 Å². The first kappa shape index (κ1) is 21.1. The van der Waals surface area contributed by atoms with Gasteiger partial charge in [-0.3, -0.25) is 9.97 Å². The van der Waals surface area contributed by atoms with Gasteiger partial charge in [0.05, 0.1) is 22.6 Å². The summed E-state index contributed by atoms with van der Waals surface area (Å²) in [5.74, 6) is 0.268. The van der Waals surface area contributed by atoms with Crippen LogP contribution in [0.2, 0.25) is 0 Å². The highest BCUT2D eigenvalue weighted by Crippen LogP contribution is 2.33. The number of aromatic nitrogens is 4. The molecule has 1 atom stereocenters. The number of aryl methyl sites for hydroxylation is 2. The van der Waals surface area contributed by atoms with E-state index in [-0.39, 0.29) is 5.92 Å². The fourth-order valence-electron chi connectivity index (χ4n) is 3.37. The van der Waals surface area contributed by atoms with Crippen LogP contribution < -0.4 is 0 Å². The molecule has 0 bridgehead atoms. The first-order valence-corrected chi connectivity index (χ1v) is 9.94. The van der Waals surface area contributed by atoms with Gasteiger partial charge in [-0.15, -0.1) is 0 Å². The third kappa shape index (κ3) is 4.54. The molecule has 154 valence electrons. The van der Waals surface area contributed by atoms with E-state index in [1.54, 1.807) is 0 Å². The number of hydrogen-bond donors (Lipinski definition) is 0. The maximum atomic E-state index is 12.9. The van der Waals surface area contributed by atoms with Crippen molar-refractivity contribution in [2.75, 3.05) is 0 Å². The molecule has 0 saturated carbocycles. The number of unbranched alkanes of at least 4 members (excludes halogenated alkanes) is 1. The maximum Gasteiger partial charge on any atom is 0.433 e. The average molecular weight is 402 g/mol. The Balaban J connectivity index is 2.19. The molecular formula is C22H25F3N4. The molecule has 3 aromatic heterocycles. The molecule has 0 fully saturated rings. The van der Waals surface area contributed by atoms with Crippen molar-refractivity contribution in [2.24, 2.45) is 0 Å². The Hall–Kier alpha value is -2.57. The molecule has 0 radical (unpaired) electrons. The van der Waals surface area contributed by atoms with Gasteiger partial charge in [0.25, 0.3) is 0 Å². The van der Waals surface area contributed by atoms with Crippen molar-refractivity contribution in [3.8, 4) is 11.3 Å². The van der Waals surface area contributed by atoms with Crippen molar-refractivity contribution in [1.29, 1.82) is 0 Å². The van der Waals surface area contributed by atoms with Gasteiger partial charge in [0.15, 0.2) is 0 Å². The Morgan fingerprint density at radius 3 is 2.31 bits per heavy atom. The summed E-state index contributed by atoms with van der Waals surface area (Å²) in [6.45, 7) is 8.03. The number of hydrogen-bond acceptors (Lipinski definition) is 4. The second-order valence-electron chi connectivity index (χ2n) is 7.34. The van der Waals surface area contributed by atoms with Gasteiger partial charge in [-0.2, -0.15) is 13.2 Å². The molecule has 7 heteroatoms. The van der Waals surface area contributed by atoms with Crippen LogP contribution in [0.25, 0.3) is 22.3 Å². The monoisotopic (exact) mass is 402 g/mol. The normalized spacial score (nSPS) is 13.1. The second kappa shape index (κ2) is 8.43. The Morgan fingerprint density at radius 2 is 1.72 bits per heavy atom. The predicted molar refractivity (Wildman–Crippen MR) is 108 cm³/mol. The van der Waals surface area contributed by atoms with Crippen molar-refractivity contribution < 1.29 is 13.2 Å². The molecule has 0 aliphatic carbocycles. The van der Waals surface area contributed by atoms with Crippen molar-refractivity contribution in [3.63, 3.8) is 0 Å². The van der Waals surface area contributed by atoms with Crippen LogP contribution in [0.1, 0.15) is 68.2 Å². The zero-order valence-electron chi connectivity index (χ0n) is 17.1. The highest BCUT2D eigenvalue weighted by atomic mass is 19.4. The average Bonchev–Trinajstić information content (AvgIpc) is 2.68. The molecule has 0 N–H and O–H groups in total. The SMILES string of the molecule is CCCCC(CC)c1cc2nc(C)c(C)nc2c(-c2ccc(C(F)(F)F)nc2)n1. The van der Waals surface area contributed by atoms with Crippen molar-refractivity contribution in [1.82, 2.24) is 19.9 Å². The molecule has 0 aromatic carbocycles. The van der Waals surface area contributed by atoms with Crippen molar-refractivity contribution >= 4 is 11.0 Å². The molecule has 0 spiro atoms. The van der Waals surface area contributed by atoms with E-state index < -0.39 is 11.9 Å². The lowest BCUT2D eigenvalue weighted by molar-refractivity contribution is -0.141. The summed E-state index contributed by atoms with van der Waals surface area (Å²) in [7, 11) is 0. The quantitative estimate of drug-likeness (QED) is 0.478. The van der Waals surface area contributed by atoms with Gasteiger partial charge in [0.2, 0.25) is 0 Å². The minimum atomic E-state index is -4.48. The van der Waals surface area contributed by atoms with E-state index in [1.165, 1.54) is 12.3 Å². The molecule has 3 heterocycles. The molecule has 29 heavy (non-hydrogen) atoms. The van der Waals surface area contributed by atoms with Gasteiger partial charge in [-0.05, 0) is 44.9 Å².